The van der Waals surface area contributed by atoms with Crippen molar-refractivity contribution in [2.45, 2.75) is 63.1 Å². The van der Waals surface area contributed by atoms with Crippen LogP contribution in [0.5, 0.6) is 5.75 Å². The Morgan fingerprint density at radius 1 is 1.26 bits per heavy atom. The summed E-state index contributed by atoms with van der Waals surface area (Å²) in [4.78, 5) is 29.0. The molecule has 6 atom stereocenters. The van der Waals surface area contributed by atoms with Crippen molar-refractivity contribution < 1.29 is 39.9 Å². The Balaban J connectivity index is 1.58. The maximum atomic E-state index is 12.5. The van der Waals surface area contributed by atoms with Crippen LogP contribution < -0.4 is 0 Å². The molecule has 6 N–H and O–H groups in total. The molecule has 0 unspecified atom stereocenters. The molecule has 0 radical (unpaired) electrons. The number of aromatic hydroxyl groups is 1. The SMILES string of the molecule is CC[C@]1(COC(=O)[C@@H](O)[C@@H](O)[C@H](O)[C@@H](O)C=O)CCCN2CCc3c([nH]c4ccc(O)cc34)[C@@H]21. The quantitative estimate of drug-likeness (QED) is 0.230. The Bertz CT molecular complexity index is 1060. The summed E-state index contributed by atoms with van der Waals surface area (Å²) < 4.78 is 5.47. The zero-order chi connectivity index (χ0) is 24.6. The molecular weight excluding hydrogens is 444 g/mol. The standard InChI is InChI=1S/C24H32N2O8/c1-2-24(12-34-23(33)21(32)20(31)19(30)17(29)11-27)7-3-8-26-9-6-14-15-10-13(28)4-5-16(15)25-18(14)22(24)26/h4-5,10-11,17,19-22,25,28-32H,2-3,6-9,12H2,1H3/t17-,19+,20-,21-,22+,24+/m0/s1. The molecule has 34 heavy (non-hydrogen) atoms. The topological polar surface area (TPSA) is 164 Å². The third kappa shape index (κ3) is 4.20. The second-order valence-corrected chi connectivity index (χ2v) is 9.42. The fraction of sp³-hybridized carbons (Fsp3) is 0.583. The van der Waals surface area contributed by atoms with Crippen molar-refractivity contribution in [2.75, 3.05) is 19.7 Å². The lowest BCUT2D eigenvalue weighted by Crippen LogP contribution is -2.52. The number of piperidine rings is 1. The van der Waals surface area contributed by atoms with Gasteiger partial charge in [0, 0.05) is 28.6 Å². The average Bonchev–Trinajstić information content (AvgIpc) is 3.22. The number of hydrogen-bond acceptors (Lipinski definition) is 9. The van der Waals surface area contributed by atoms with E-state index in [-0.39, 0.29) is 24.7 Å². The van der Waals surface area contributed by atoms with Gasteiger partial charge in [-0.3, -0.25) is 4.90 Å². The summed E-state index contributed by atoms with van der Waals surface area (Å²) >= 11 is 0. The highest BCUT2D eigenvalue weighted by Crippen LogP contribution is 2.51. The number of rotatable bonds is 8. The van der Waals surface area contributed by atoms with Crippen LogP contribution >= 0.6 is 0 Å². The summed E-state index contributed by atoms with van der Waals surface area (Å²) in [5.74, 6) is -0.933. The van der Waals surface area contributed by atoms with E-state index in [2.05, 4.69) is 9.88 Å². The number of aliphatic hydroxyl groups is 4. The van der Waals surface area contributed by atoms with Crippen molar-refractivity contribution in [3.05, 3.63) is 29.5 Å². The van der Waals surface area contributed by atoms with Crippen molar-refractivity contribution in [1.82, 2.24) is 9.88 Å². The number of fused-ring (bicyclic) bond motifs is 5. The summed E-state index contributed by atoms with van der Waals surface area (Å²) in [7, 11) is 0. The Morgan fingerprint density at radius 2 is 2.03 bits per heavy atom. The summed E-state index contributed by atoms with van der Waals surface area (Å²) in [6, 6.07) is 5.18. The first-order valence-corrected chi connectivity index (χ1v) is 11.6. The highest BCUT2D eigenvalue weighted by Gasteiger charge is 2.49. The molecule has 0 bridgehead atoms. The molecule has 1 aromatic carbocycles. The van der Waals surface area contributed by atoms with Gasteiger partial charge in [0.15, 0.2) is 12.4 Å². The first-order chi connectivity index (χ1) is 16.2. The van der Waals surface area contributed by atoms with Crippen LogP contribution in [0.1, 0.15) is 43.5 Å². The number of aromatic amines is 1. The zero-order valence-corrected chi connectivity index (χ0v) is 19.1. The minimum Gasteiger partial charge on any atom is -0.508 e. The van der Waals surface area contributed by atoms with E-state index >= 15 is 0 Å². The van der Waals surface area contributed by atoms with Crippen LogP contribution in [0.25, 0.3) is 10.9 Å². The lowest BCUT2D eigenvalue weighted by molar-refractivity contribution is -0.175. The van der Waals surface area contributed by atoms with Gasteiger partial charge in [-0.1, -0.05) is 6.92 Å². The maximum Gasteiger partial charge on any atom is 0.337 e. The maximum absolute atomic E-state index is 12.5. The molecule has 0 amide bonds. The number of esters is 1. The summed E-state index contributed by atoms with van der Waals surface area (Å²) in [5, 5.41) is 50.2. The van der Waals surface area contributed by atoms with Crippen LogP contribution in [-0.4, -0.2) is 91.8 Å². The first-order valence-electron chi connectivity index (χ1n) is 11.6. The highest BCUT2D eigenvalue weighted by molar-refractivity contribution is 5.86. The van der Waals surface area contributed by atoms with Crippen LogP contribution in [0, 0.1) is 5.41 Å². The number of nitrogens with zero attached hydrogens (tertiary/aromatic N) is 1. The molecule has 1 aromatic heterocycles. The van der Waals surface area contributed by atoms with Crippen molar-refractivity contribution in [1.29, 1.82) is 0 Å². The zero-order valence-electron chi connectivity index (χ0n) is 19.1. The van der Waals surface area contributed by atoms with Gasteiger partial charge in [0.2, 0.25) is 0 Å². The number of phenols is 1. The van der Waals surface area contributed by atoms with Crippen LogP contribution in [0.4, 0.5) is 0 Å². The number of phenolic OH excluding ortho intramolecular Hbond substituents is 1. The van der Waals surface area contributed by atoms with Crippen LogP contribution in [0.15, 0.2) is 18.2 Å². The van der Waals surface area contributed by atoms with Gasteiger partial charge in [0.1, 0.15) is 24.1 Å². The minimum absolute atomic E-state index is 0.00930. The third-order valence-electron chi connectivity index (χ3n) is 7.52. The summed E-state index contributed by atoms with van der Waals surface area (Å²) in [6.07, 6.45) is -4.93. The number of carbonyl (C=O) groups is 2. The predicted molar refractivity (Wildman–Crippen MR) is 121 cm³/mol. The Kier molecular flexibility index (Phi) is 6.97. The van der Waals surface area contributed by atoms with E-state index in [4.69, 9.17) is 4.74 Å². The van der Waals surface area contributed by atoms with E-state index in [1.165, 1.54) is 0 Å². The van der Waals surface area contributed by atoms with E-state index in [1.54, 1.807) is 12.1 Å². The number of aldehydes is 1. The van der Waals surface area contributed by atoms with Crippen molar-refractivity contribution in [2.24, 2.45) is 5.41 Å². The molecule has 10 heteroatoms. The minimum atomic E-state index is -2.11. The number of nitrogens with one attached hydrogen (secondary N) is 1. The molecular formula is C24H32N2O8. The normalized spacial score (nSPS) is 26.2. The summed E-state index contributed by atoms with van der Waals surface area (Å²) in [5.41, 5.74) is 2.64. The molecule has 4 rings (SSSR count). The van der Waals surface area contributed by atoms with E-state index in [1.807, 2.05) is 13.0 Å². The molecule has 0 saturated carbocycles. The van der Waals surface area contributed by atoms with Gasteiger partial charge in [-0.15, -0.1) is 0 Å². The fourth-order valence-corrected chi connectivity index (χ4v) is 5.56. The number of H-pyrrole nitrogens is 1. The highest BCUT2D eigenvalue weighted by atomic mass is 16.6. The molecule has 0 aliphatic carbocycles. The Morgan fingerprint density at radius 3 is 2.74 bits per heavy atom. The average molecular weight is 477 g/mol. The van der Waals surface area contributed by atoms with Crippen LogP contribution in [-0.2, 0) is 20.7 Å². The van der Waals surface area contributed by atoms with E-state index in [0.29, 0.717) is 6.42 Å². The largest absolute Gasteiger partial charge is 0.508 e. The first kappa shape index (κ1) is 24.6. The van der Waals surface area contributed by atoms with Crippen molar-refractivity contribution in [3.63, 3.8) is 0 Å². The van der Waals surface area contributed by atoms with Crippen LogP contribution in [0.2, 0.25) is 0 Å². The number of carbonyl (C=O) groups excluding carboxylic acids is 2. The van der Waals surface area contributed by atoms with Gasteiger partial charge in [-0.2, -0.15) is 0 Å². The molecule has 0 spiro atoms. The van der Waals surface area contributed by atoms with Crippen molar-refractivity contribution in [3.8, 4) is 5.75 Å². The van der Waals surface area contributed by atoms with E-state index < -0.39 is 35.8 Å². The van der Waals surface area contributed by atoms with E-state index in [9.17, 15) is 35.1 Å². The fourth-order valence-electron chi connectivity index (χ4n) is 5.56. The lowest BCUT2D eigenvalue weighted by Gasteiger charge is -2.51. The number of aliphatic hydroxyl groups excluding tert-OH is 4. The van der Waals surface area contributed by atoms with Gasteiger partial charge in [-0.05, 0) is 56.0 Å². The Labute approximate surface area is 196 Å². The lowest BCUT2D eigenvalue weighted by atomic mass is 9.68. The number of aromatic nitrogens is 1. The molecule has 1 fully saturated rings. The number of ether oxygens (including phenoxy) is 1. The second kappa shape index (κ2) is 9.63. The smallest absolute Gasteiger partial charge is 0.337 e. The number of hydrogen-bond donors (Lipinski definition) is 6. The van der Waals surface area contributed by atoms with Gasteiger partial charge in [0.05, 0.1) is 12.6 Å². The molecule has 3 heterocycles. The molecule has 2 aliphatic rings. The van der Waals surface area contributed by atoms with Crippen LogP contribution in [0.3, 0.4) is 0 Å². The Hall–Kier alpha value is -2.50. The second-order valence-electron chi connectivity index (χ2n) is 9.42. The molecule has 186 valence electrons. The van der Waals surface area contributed by atoms with E-state index in [0.717, 1.165) is 54.5 Å². The predicted octanol–water partition coefficient (Wildman–Crippen LogP) is 0.149. The monoisotopic (exact) mass is 476 g/mol. The van der Waals surface area contributed by atoms with Crippen molar-refractivity contribution >= 4 is 23.2 Å². The molecule has 2 aliphatic heterocycles. The van der Waals surface area contributed by atoms with Gasteiger partial charge < -0.3 is 40.0 Å². The van der Waals surface area contributed by atoms with Gasteiger partial charge in [-0.25, -0.2) is 4.79 Å². The van der Waals surface area contributed by atoms with Gasteiger partial charge >= 0.3 is 5.97 Å². The summed E-state index contributed by atoms with van der Waals surface area (Å²) in [6.45, 7) is 3.74. The molecule has 1 saturated heterocycles. The third-order valence-corrected chi connectivity index (χ3v) is 7.52. The molecule has 10 nitrogen and oxygen atoms in total. The van der Waals surface area contributed by atoms with Gasteiger partial charge in [0.25, 0.3) is 0 Å². The molecule has 2 aromatic rings. The number of benzene rings is 1.